The molecule has 0 saturated carbocycles. The minimum atomic E-state index is 0.907. The van der Waals surface area contributed by atoms with Gasteiger partial charge >= 0.3 is 0 Å². The maximum Gasteiger partial charge on any atom is 0.100 e. The molecule has 0 amide bonds. The highest BCUT2D eigenvalue weighted by Crippen LogP contribution is 2.38. The Hall–Kier alpha value is -2.85. The fourth-order valence-corrected chi connectivity index (χ4v) is 4.08. The molecule has 0 aliphatic heterocycles. The summed E-state index contributed by atoms with van der Waals surface area (Å²) < 4.78 is 2.37. The van der Waals surface area contributed by atoms with E-state index in [0.29, 0.717) is 0 Å². The molecule has 4 aromatic heterocycles. The lowest BCUT2D eigenvalue weighted by Gasteiger charge is -2.06. The van der Waals surface area contributed by atoms with Crippen LogP contribution in [0.4, 0.5) is 0 Å². The summed E-state index contributed by atoms with van der Waals surface area (Å²) in [5.74, 6) is 0. The lowest BCUT2D eigenvalue weighted by Crippen LogP contribution is -1.90. The molecule has 0 spiro atoms. The highest BCUT2D eigenvalue weighted by Gasteiger charge is 2.15. The summed E-state index contributed by atoms with van der Waals surface area (Å²) in [6.07, 6.45) is 5.54. The molecule has 0 unspecified atom stereocenters. The quantitative estimate of drug-likeness (QED) is 0.434. The standard InChI is InChI=1S/C19H11N3S/c1-2-5-13-12(4-1)7-10-21-17(13)19-16-14(8-11-22-19)23-15-6-3-9-20-18(15)16/h1-11H. The fourth-order valence-electron chi connectivity index (χ4n) is 3.02. The van der Waals surface area contributed by atoms with E-state index in [9.17, 15) is 0 Å². The molecule has 5 rings (SSSR count). The largest absolute Gasteiger partial charge is 0.255 e. The zero-order valence-electron chi connectivity index (χ0n) is 12.1. The number of hydrogen-bond donors (Lipinski definition) is 0. The summed E-state index contributed by atoms with van der Waals surface area (Å²) in [5, 5.41) is 3.38. The van der Waals surface area contributed by atoms with Crippen molar-refractivity contribution in [3.05, 3.63) is 67.1 Å². The van der Waals surface area contributed by atoms with Crippen LogP contribution in [-0.4, -0.2) is 15.0 Å². The van der Waals surface area contributed by atoms with Crippen LogP contribution < -0.4 is 0 Å². The second kappa shape index (κ2) is 4.83. The summed E-state index contributed by atoms with van der Waals surface area (Å²) in [6.45, 7) is 0. The van der Waals surface area contributed by atoms with Crippen molar-refractivity contribution in [2.24, 2.45) is 0 Å². The molecule has 0 N–H and O–H groups in total. The van der Waals surface area contributed by atoms with Crippen LogP contribution in [0.3, 0.4) is 0 Å². The van der Waals surface area contributed by atoms with Gasteiger partial charge in [-0.25, -0.2) is 0 Å². The van der Waals surface area contributed by atoms with E-state index >= 15 is 0 Å². The Bertz CT molecular complexity index is 1170. The molecule has 5 aromatic rings. The molecule has 0 aliphatic rings. The van der Waals surface area contributed by atoms with Crippen LogP contribution in [0.25, 0.3) is 42.5 Å². The molecule has 108 valence electrons. The maximum atomic E-state index is 4.65. The fraction of sp³-hybridized carbons (Fsp3) is 0. The van der Waals surface area contributed by atoms with Gasteiger partial charge in [0, 0.05) is 34.1 Å². The van der Waals surface area contributed by atoms with Gasteiger partial charge in [0.1, 0.15) is 5.69 Å². The van der Waals surface area contributed by atoms with Gasteiger partial charge in [-0.3, -0.25) is 15.0 Å². The van der Waals surface area contributed by atoms with Gasteiger partial charge < -0.3 is 0 Å². The monoisotopic (exact) mass is 313 g/mol. The molecule has 0 saturated heterocycles. The van der Waals surface area contributed by atoms with Gasteiger partial charge in [-0.1, -0.05) is 24.3 Å². The van der Waals surface area contributed by atoms with Crippen molar-refractivity contribution in [3.8, 4) is 11.4 Å². The molecule has 0 aliphatic carbocycles. The van der Waals surface area contributed by atoms with E-state index in [2.05, 4.69) is 39.2 Å². The minimum Gasteiger partial charge on any atom is -0.255 e. The molecule has 0 radical (unpaired) electrons. The number of nitrogens with zero attached hydrogens (tertiary/aromatic N) is 3. The number of fused-ring (bicyclic) bond motifs is 4. The Morgan fingerprint density at radius 2 is 1.52 bits per heavy atom. The molecular formula is C19H11N3S. The molecule has 4 heterocycles. The van der Waals surface area contributed by atoms with E-state index in [1.807, 2.05) is 42.9 Å². The Morgan fingerprint density at radius 3 is 2.52 bits per heavy atom. The van der Waals surface area contributed by atoms with E-state index in [-0.39, 0.29) is 0 Å². The van der Waals surface area contributed by atoms with E-state index < -0.39 is 0 Å². The molecule has 0 bridgehead atoms. The third-order valence-electron chi connectivity index (χ3n) is 4.04. The Balaban J connectivity index is 1.96. The Kier molecular flexibility index (Phi) is 2.66. The minimum absolute atomic E-state index is 0.907. The van der Waals surface area contributed by atoms with Crippen LogP contribution in [0.2, 0.25) is 0 Å². The first-order valence-electron chi connectivity index (χ1n) is 7.38. The van der Waals surface area contributed by atoms with E-state index in [4.69, 9.17) is 0 Å². The first-order chi connectivity index (χ1) is 11.4. The van der Waals surface area contributed by atoms with Crippen LogP contribution in [0.1, 0.15) is 0 Å². The average molecular weight is 313 g/mol. The Morgan fingerprint density at radius 1 is 0.652 bits per heavy atom. The molecule has 0 atom stereocenters. The van der Waals surface area contributed by atoms with Crippen molar-refractivity contribution in [3.63, 3.8) is 0 Å². The summed E-state index contributed by atoms with van der Waals surface area (Å²) in [7, 11) is 0. The van der Waals surface area contributed by atoms with E-state index in [0.717, 1.165) is 27.7 Å². The van der Waals surface area contributed by atoms with Gasteiger partial charge in [0.2, 0.25) is 0 Å². The lowest BCUT2D eigenvalue weighted by atomic mass is 10.1. The van der Waals surface area contributed by atoms with E-state index in [1.54, 1.807) is 11.3 Å². The lowest BCUT2D eigenvalue weighted by molar-refractivity contribution is 1.29. The summed E-state index contributed by atoms with van der Waals surface area (Å²) in [4.78, 5) is 13.9. The van der Waals surface area contributed by atoms with E-state index in [1.165, 1.54) is 14.8 Å². The normalized spacial score (nSPS) is 11.5. The van der Waals surface area contributed by atoms with Crippen LogP contribution >= 0.6 is 11.3 Å². The van der Waals surface area contributed by atoms with Gasteiger partial charge in [0.15, 0.2) is 0 Å². The van der Waals surface area contributed by atoms with Crippen molar-refractivity contribution in [2.45, 2.75) is 0 Å². The number of rotatable bonds is 1. The maximum absolute atomic E-state index is 4.65. The topological polar surface area (TPSA) is 38.7 Å². The SMILES string of the molecule is c1ccc2c(-c3nccc4sc5cccnc5c34)nccc2c1. The van der Waals surface area contributed by atoms with Gasteiger partial charge in [-0.05, 0) is 29.7 Å². The first kappa shape index (κ1) is 12.7. The number of aromatic nitrogens is 3. The van der Waals surface area contributed by atoms with Crippen LogP contribution in [0.5, 0.6) is 0 Å². The first-order valence-corrected chi connectivity index (χ1v) is 8.20. The second-order valence-corrected chi connectivity index (χ2v) is 6.45. The van der Waals surface area contributed by atoms with Crippen LogP contribution in [0.15, 0.2) is 67.1 Å². The predicted molar refractivity (Wildman–Crippen MR) is 95.7 cm³/mol. The highest BCUT2D eigenvalue weighted by atomic mass is 32.1. The summed E-state index contributed by atoms with van der Waals surface area (Å²) >= 11 is 1.75. The number of benzene rings is 1. The van der Waals surface area contributed by atoms with Gasteiger partial charge in [-0.15, -0.1) is 11.3 Å². The number of hydrogen-bond acceptors (Lipinski definition) is 4. The molecule has 1 aromatic carbocycles. The van der Waals surface area contributed by atoms with Crippen molar-refractivity contribution < 1.29 is 0 Å². The van der Waals surface area contributed by atoms with Crippen molar-refractivity contribution in [2.75, 3.05) is 0 Å². The predicted octanol–water partition coefficient (Wildman–Crippen LogP) is 5.06. The summed E-state index contributed by atoms with van der Waals surface area (Å²) in [6, 6.07) is 16.4. The van der Waals surface area contributed by atoms with Crippen molar-refractivity contribution in [1.82, 2.24) is 15.0 Å². The summed E-state index contributed by atoms with van der Waals surface area (Å²) in [5.41, 5.74) is 2.83. The third-order valence-corrected chi connectivity index (χ3v) is 5.15. The molecular weight excluding hydrogens is 302 g/mol. The van der Waals surface area contributed by atoms with Gasteiger partial charge in [-0.2, -0.15) is 0 Å². The smallest absolute Gasteiger partial charge is 0.100 e. The Labute approximate surface area is 136 Å². The van der Waals surface area contributed by atoms with Crippen LogP contribution in [0, 0.1) is 0 Å². The second-order valence-electron chi connectivity index (χ2n) is 5.37. The average Bonchev–Trinajstić information content (AvgIpc) is 3.00. The van der Waals surface area contributed by atoms with Crippen molar-refractivity contribution in [1.29, 1.82) is 0 Å². The zero-order valence-corrected chi connectivity index (χ0v) is 12.9. The zero-order chi connectivity index (χ0) is 15.2. The van der Waals surface area contributed by atoms with Crippen molar-refractivity contribution >= 4 is 42.4 Å². The molecule has 0 fully saturated rings. The number of thiophene rings is 1. The van der Waals surface area contributed by atoms with Gasteiger partial charge in [0.05, 0.1) is 15.9 Å². The molecule has 23 heavy (non-hydrogen) atoms. The molecule has 3 nitrogen and oxygen atoms in total. The third kappa shape index (κ3) is 1.85. The molecule has 4 heteroatoms. The highest BCUT2D eigenvalue weighted by molar-refractivity contribution is 7.25. The van der Waals surface area contributed by atoms with Gasteiger partial charge in [0.25, 0.3) is 0 Å². The number of pyridine rings is 3. The van der Waals surface area contributed by atoms with Crippen LogP contribution in [-0.2, 0) is 0 Å².